The average molecular weight is 1430 g/mol. The number of unbranched alkanes of at least 4 members (excludes halogenated alkanes) is 59. The lowest BCUT2D eigenvalue weighted by Crippen LogP contribution is -2.37. The number of carbonyl (C=O) groups excluding carboxylic acids is 2. The number of quaternary nitrogens is 1. The zero-order valence-electron chi connectivity index (χ0n) is 67.5. The summed E-state index contributed by atoms with van der Waals surface area (Å²) in [4.78, 5) is 36.0. The Morgan fingerprint density at radius 3 is 0.850 bits per heavy atom. The van der Waals surface area contributed by atoms with E-state index in [2.05, 4.69) is 74.6 Å². The van der Waals surface area contributed by atoms with Crippen molar-refractivity contribution in [1.82, 2.24) is 0 Å². The molecule has 0 aliphatic carbocycles. The molecule has 2 unspecified atom stereocenters. The third kappa shape index (κ3) is 84.6. The van der Waals surface area contributed by atoms with Gasteiger partial charge in [-0.05, 0) is 57.8 Å². The first kappa shape index (κ1) is 97.7. The Balaban J connectivity index is 3.85. The number of ether oxygens (including phenoxy) is 2. The zero-order chi connectivity index (χ0) is 72.5. The molecule has 588 valence electrons. The summed E-state index contributed by atoms with van der Waals surface area (Å²) in [5.74, 6) is -0.772. The monoisotopic (exact) mass is 1430 g/mol. The van der Waals surface area contributed by atoms with Crippen molar-refractivity contribution in [2.45, 2.75) is 457 Å². The maximum Gasteiger partial charge on any atom is 0.472 e. The van der Waals surface area contributed by atoms with Gasteiger partial charge < -0.3 is 18.9 Å². The van der Waals surface area contributed by atoms with Crippen molar-refractivity contribution in [2.75, 3.05) is 47.5 Å². The van der Waals surface area contributed by atoms with Crippen molar-refractivity contribution in [3.63, 3.8) is 0 Å². The van der Waals surface area contributed by atoms with Crippen molar-refractivity contribution in [1.29, 1.82) is 0 Å². The molecule has 0 fully saturated rings. The molecule has 0 rings (SSSR count). The number of esters is 2. The second-order valence-corrected chi connectivity index (χ2v) is 32.7. The molecule has 9 nitrogen and oxygen atoms in total. The molecule has 0 aliphatic heterocycles. The Kier molecular flexibility index (Phi) is 78.9. The van der Waals surface area contributed by atoms with E-state index in [4.69, 9.17) is 18.5 Å². The van der Waals surface area contributed by atoms with Gasteiger partial charge in [-0.2, -0.15) is 0 Å². The standard InChI is InChI=1S/C90H170NO8P/c1-6-8-10-12-14-16-18-20-22-24-26-28-30-32-34-36-38-40-42-43-44-45-46-47-49-50-52-54-56-58-60-62-64-66-68-70-72-74-76-78-80-82-89(92)96-86-88(87-98-100(94,95)97-85-84-91(3,4)5)99-90(93)83-81-79-77-75-73-71-69-67-65-63-61-59-57-55-53-51-48-41-39-37-35-33-31-29-27-25-23-21-19-17-15-13-11-9-7-2/h9,11,15,17,21,23,27,29,33,35,88H,6-8,10,12-14,16,18-20,22,24-26,28,30-32,34,36-87H2,1-5H3/p+1/b11-9-,17-15-,23-21-,29-27-,35-33-. The van der Waals surface area contributed by atoms with Gasteiger partial charge in [0, 0.05) is 12.8 Å². The second kappa shape index (κ2) is 80.8. The average Bonchev–Trinajstić information content (AvgIpc) is 1.65. The van der Waals surface area contributed by atoms with Gasteiger partial charge in [-0.1, -0.05) is 441 Å². The first-order valence-corrected chi connectivity index (χ1v) is 45.5. The van der Waals surface area contributed by atoms with Crippen LogP contribution in [0.1, 0.15) is 450 Å². The van der Waals surface area contributed by atoms with Crippen molar-refractivity contribution < 1.29 is 42.1 Å². The van der Waals surface area contributed by atoms with E-state index in [9.17, 15) is 19.0 Å². The highest BCUT2D eigenvalue weighted by molar-refractivity contribution is 7.47. The molecule has 0 aromatic rings. The smallest absolute Gasteiger partial charge is 0.462 e. The Bertz CT molecular complexity index is 1870. The fourth-order valence-corrected chi connectivity index (χ4v) is 14.1. The van der Waals surface area contributed by atoms with Crippen LogP contribution in [0.15, 0.2) is 60.8 Å². The van der Waals surface area contributed by atoms with Gasteiger partial charge in [-0.3, -0.25) is 18.6 Å². The van der Waals surface area contributed by atoms with Gasteiger partial charge >= 0.3 is 19.8 Å². The summed E-state index contributed by atoms with van der Waals surface area (Å²) in [7, 11) is 1.50. The van der Waals surface area contributed by atoms with Crippen LogP contribution in [0, 0.1) is 0 Å². The van der Waals surface area contributed by atoms with E-state index in [-0.39, 0.29) is 25.6 Å². The summed E-state index contributed by atoms with van der Waals surface area (Å²) in [6, 6.07) is 0. The number of rotatable bonds is 83. The topological polar surface area (TPSA) is 108 Å². The van der Waals surface area contributed by atoms with E-state index < -0.39 is 26.5 Å². The molecular formula is C90H171NO8P+. The van der Waals surface area contributed by atoms with E-state index in [1.807, 2.05) is 21.1 Å². The SMILES string of the molecule is CC/C=C\C/C=C\C/C=C\C/C=C\C/C=C\CCCCCCCCCCCCCCCCCCCCCC(=O)OC(COC(=O)CCCCCCCCCCCCCCCCCCCCCCCCCCCCCCCCCCCCCCCCCCC)COP(=O)(O)OCC[N+](C)(C)C. The lowest BCUT2D eigenvalue weighted by Gasteiger charge is -2.24. The van der Waals surface area contributed by atoms with E-state index in [0.29, 0.717) is 23.9 Å². The van der Waals surface area contributed by atoms with Gasteiger partial charge in [-0.25, -0.2) is 4.57 Å². The highest BCUT2D eigenvalue weighted by Crippen LogP contribution is 2.43. The molecule has 0 aliphatic rings. The van der Waals surface area contributed by atoms with Crippen molar-refractivity contribution in [2.24, 2.45) is 0 Å². The quantitative estimate of drug-likeness (QED) is 0.0211. The molecule has 0 heterocycles. The van der Waals surface area contributed by atoms with Crippen LogP contribution < -0.4 is 0 Å². The summed E-state index contributed by atoms with van der Waals surface area (Å²) in [6.45, 7) is 4.40. The summed E-state index contributed by atoms with van der Waals surface area (Å²) in [5.41, 5.74) is 0. The van der Waals surface area contributed by atoms with Gasteiger partial charge in [0.15, 0.2) is 6.10 Å². The van der Waals surface area contributed by atoms with E-state index >= 15 is 0 Å². The van der Waals surface area contributed by atoms with Gasteiger partial charge in [0.1, 0.15) is 19.8 Å². The highest BCUT2D eigenvalue weighted by atomic mass is 31.2. The normalized spacial score (nSPS) is 13.2. The molecule has 1 N–H and O–H groups in total. The number of likely N-dealkylation sites (N-methyl/N-ethyl adjacent to an activating group) is 1. The number of hydrogen-bond donors (Lipinski definition) is 1. The maximum atomic E-state index is 12.9. The minimum Gasteiger partial charge on any atom is -0.462 e. The summed E-state index contributed by atoms with van der Waals surface area (Å²) >= 11 is 0. The van der Waals surface area contributed by atoms with Gasteiger partial charge in [-0.15, -0.1) is 0 Å². The molecular weight excluding hydrogens is 1250 g/mol. The Hall–Kier alpha value is -2.29. The van der Waals surface area contributed by atoms with Gasteiger partial charge in [0.25, 0.3) is 0 Å². The van der Waals surface area contributed by atoms with Crippen LogP contribution in [-0.4, -0.2) is 74.9 Å². The Labute approximate surface area is 623 Å². The maximum absolute atomic E-state index is 12.9. The Morgan fingerprint density at radius 1 is 0.320 bits per heavy atom. The van der Waals surface area contributed by atoms with E-state index in [0.717, 1.165) is 64.2 Å². The first-order chi connectivity index (χ1) is 49.0. The number of phosphoric acid groups is 1. The van der Waals surface area contributed by atoms with E-state index in [1.165, 1.54) is 353 Å². The number of allylic oxidation sites excluding steroid dienone is 10. The summed E-state index contributed by atoms with van der Waals surface area (Å²) < 4.78 is 34.9. The molecule has 0 amide bonds. The van der Waals surface area contributed by atoms with E-state index in [1.54, 1.807) is 0 Å². The van der Waals surface area contributed by atoms with Crippen molar-refractivity contribution in [3.8, 4) is 0 Å². The minimum atomic E-state index is -4.40. The van der Waals surface area contributed by atoms with Crippen LogP contribution in [0.3, 0.4) is 0 Å². The highest BCUT2D eigenvalue weighted by Gasteiger charge is 2.27. The fraction of sp³-hybridized carbons (Fsp3) is 0.867. The predicted octanol–water partition coefficient (Wildman–Crippen LogP) is 29.6. The molecule has 0 bridgehead atoms. The van der Waals surface area contributed by atoms with Crippen LogP contribution in [0.4, 0.5) is 0 Å². The predicted molar refractivity (Wildman–Crippen MR) is 436 cm³/mol. The minimum absolute atomic E-state index is 0.0341. The van der Waals surface area contributed by atoms with Crippen LogP contribution in [0.25, 0.3) is 0 Å². The molecule has 0 saturated carbocycles. The van der Waals surface area contributed by atoms with Crippen LogP contribution in [-0.2, 0) is 32.7 Å². The third-order valence-corrected chi connectivity index (χ3v) is 21.0. The van der Waals surface area contributed by atoms with Crippen molar-refractivity contribution in [3.05, 3.63) is 60.8 Å². The number of phosphoric ester groups is 1. The molecule has 0 radical (unpaired) electrons. The van der Waals surface area contributed by atoms with Gasteiger partial charge in [0.05, 0.1) is 27.7 Å². The molecule has 10 heteroatoms. The number of hydrogen-bond acceptors (Lipinski definition) is 7. The van der Waals surface area contributed by atoms with Gasteiger partial charge in [0.2, 0.25) is 0 Å². The molecule has 2 atom stereocenters. The Morgan fingerprint density at radius 2 is 0.570 bits per heavy atom. The fourth-order valence-electron chi connectivity index (χ4n) is 13.4. The van der Waals surface area contributed by atoms with Crippen LogP contribution in [0.5, 0.6) is 0 Å². The summed E-state index contributed by atoms with van der Waals surface area (Å²) in [6.07, 6.45) is 110. The molecule has 100 heavy (non-hydrogen) atoms. The molecule has 0 spiro atoms. The largest absolute Gasteiger partial charge is 0.472 e. The first-order valence-electron chi connectivity index (χ1n) is 44.0. The molecule has 0 saturated heterocycles. The van der Waals surface area contributed by atoms with Crippen LogP contribution in [0.2, 0.25) is 0 Å². The molecule has 0 aromatic carbocycles. The zero-order valence-corrected chi connectivity index (χ0v) is 68.4. The van der Waals surface area contributed by atoms with Crippen LogP contribution >= 0.6 is 7.82 Å². The lowest BCUT2D eigenvalue weighted by molar-refractivity contribution is -0.870. The third-order valence-electron chi connectivity index (χ3n) is 20.1. The van der Waals surface area contributed by atoms with Crippen molar-refractivity contribution >= 4 is 19.8 Å². The summed E-state index contributed by atoms with van der Waals surface area (Å²) in [5, 5.41) is 0. The molecule has 0 aromatic heterocycles. The second-order valence-electron chi connectivity index (χ2n) is 31.3. The number of carbonyl (C=O) groups is 2. The lowest BCUT2D eigenvalue weighted by atomic mass is 10.0. The number of nitrogens with zero attached hydrogens (tertiary/aromatic N) is 1.